The Hall–Kier alpha value is -2.69. The minimum absolute atomic E-state index is 0.0632. The number of carbonyl (C=O) groups is 2. The first-order valence-electron chi connectivity index (χ1n) is 5.10. The van der Waals surface area contributed by atoms with Gasteiger partial charge in [-0.2, -0.15) is 0 Å². The molecule has 0 saturated heterocycles. The Kier molecular flexibility index (Phi) is 3.05. The second kappa shape index (κ2) is 4.67. The van der Waals surface area contributed by atoms with Crippen molar-refractivity contribution < 1.29 is 19.8 Å². The molecular weight excluding hydrogens is 234 g/mol. The molecule has 0 spiro atoms. The topological polar surface area (TPSA) is 87.5 Å². The third kappa shape index (κ3) is 2.35. The number of nitrogens with zero attached hydrogens (tertiary/aromatic N) is 1. The van der Waals surface area contributed by atoms with Gasteiger partial charge in [-0.15, -0.1) is 0 Å². The number of benzene rings is 1. The van der Waals surface area contributed by atoms with Crippen LogP contribution in [-0.2, 0) is 0 Å². The Balaban J connectivity index is 2.48. The zero-order valence-electron chi connectivity index (χ0n) is 9.20. The Morgan fingerprint density at radius 1 is 0.889 bits per heavy atom. The number of hydrogen-bond acceptors (Lipinski definition) is 3. The molecule has 5 heteroatoms. The summed E-state index contributed by atoms with van der Waals surface area (Å²) in [7, 11) is 0. The van der Waals surface area contributed by atoms with Gasteiger partial charge in [0.2, 0.25) is 0 Å². The lowest BCUT2D eigenvalue weighted by Gasteiger charge is -2.03. The summed E-state index contributed by atoms with van der Waals surface area (Å²) in [5, 5.41) is 17.8. The molecule has 2 aromatic rings. The minimum Gasteiger partial charge on any atom is -0.478 e. The summed E-state index contributed by atoms with van der Waals surface area (Å²) in [5.74, 6) is -2.10. The van der Waals surface area contributed by atoms with Gasteiger partial charge in [-0.1, -0.05) is 12.1 Å². The number of carboxylic acids is 2. The fraction of sp³-hybridized carbons (Fsp3) is 0. The van der Waals surface area contributed by atoms with Crippen LogP contribution in [0.25, 0.3) is 11.1 Å². The maximum atomic E-state index is 10.8. The van der Waals surface area contributed by atoms with Crippen LogP contribution in [0.1, 0.15) is 20.7 Å². The zero-order valence-corrected chi connectivity index (χ0v) is 9.20. The number of aromatic carboxylic acids is 2. The average Bonchev–Trinajstić information content (AvgIpc) is 2.39. The largest absolute Gasteiger partial charge is 0.478 e. The van der Waals surface area contributed by atoms with Crippen LogP contribution in [0.5, 0.6) is 0 Å². The van der Waals surface area contributed by atoms with E-state index in [0.29, 0.717) is 11.1 Å². The first-order valence-corrected chi connectivity index (χ1v) is 5.10. The van der Waals surface area contributed by atoms with Gasteiger partial charge < -0.3 is 10.2 Å². The summed E-state index contributed by atoms with van der Waals surface area (Å²) in [6.07, 6.45) is 2.74. The normalized spacial score (nSPS) is 10.0. The van der Waals surface area contributed by atoms with E-state index in [1.54, 1.807) is 12.1 Å². The smallest absolute Gasteiger partial charge is 0.337 e. The average molecular weight is 243 g/mol. The lowest BCUT2D eigenvalue weighted by atomic mass is 10.0. The lowest BCUT2D eigenvalue weighted by molar-refractivity contribution is 0.0685. The van der Waals surface area contributed by atoms with Crippen LogP contribution >= 0.6 is 0 Å². The minimum atomic E-state index is -1.07. The molecule has 0 unspecified atom stereocenters. The number of hydrogen-bond donors (Lipinski definition) is 2. The SMILES string of the molecule is O=C(O)c1cccc(-c2cncc(C(=O)O)c2)c1. The quantitative estimate of drug-likeness (QED) is 0.862. The molecular formula is C13H9NO4. The summed E-state index contributed by atoms with van der Waals surface area (Å²) in [6, 6.07) is 7.71. The highest BCUT2D eigenvalue weighted by Gasteiger charge is 2.08. The van der Waals surface area contributed by atoms with Crippen molar-refractivity contribution in [3.63, 3.8) is 0 Å². The number of carboxylic acid groups (broad SMARTS) is 2. The van der Waals surface area contributed by atoms with Crippen LogP contribution in [0.2, 0.25) is 0 Å². The molecule has 18 heavy (non-hydrogen) atoms. The van der Waals surface area contributed by atoms with E-state index in [9.17, 15) is 9.59 Å². The summed E-state index contributed by atoms with van der Waals surface area (Å²) in [5.41, 5.74) is 1.39. The highest BCUT2D eigenvalue weighted by atomic mass is 16.4. The summed E-state index contributed by atoms with van der Waals surface area (Å²) >= 11 is 0. The van der Waals surface area contributed by atoms with Gasteiger partial charge in [-0.05, 0) is 23.8 Å². The van der Waals surface area contributed by atoms with Crippen LogP contribution in [0.4, 0.5) is 0 Å². The zero-order chi connectivity index (χ0) is 13.1. The third-order valence-corrected chi connectivity index (χ3v) is 2.43. The van der Waals surface area contributed by atoms with Gasteiger partial charge in [0, 0.05) is 18.0 Å². The monoisotopic (exact) mass is 243 g/mol. The van der Waals surface area contributed by atoms with Crippen molar-refractivity contribution in [2.45, 2.75) is 0 Å². The van der Waals surface area contributed by atoms with Crippen molar-refractivity contribution in [1.29, 1.82) is 0 Å². The van der Waals surface area contributed by atoms with Crippen LogP contribution < -0.4 is 0 Å². The van der Waals surface area contributed by atoms with Crippen LogP contribution in [0, 0.1) is 0 Å². The van der Waals surface area contributed by atoms with E-state index in [1.807, 2.05) is 0 Å². The molecule has 2 rings (SSSR count). The molecule has 2 N–H and O–H groups in total. The lowest BCUT2D eigenvalue weighted by Crippen LogP contribution is -1.98. The van der Waals surface area contributed by atoms with Crippen LogP contribution in [-0.4, -0.2) is 27.1 Å². The maximum absolute atomic E-state index is 10.8. The predicted octanol–water partition coefficient (Wildman–Crippen LogP) is 2.15. The molecule has 1 aromatic carbocycles. The standard InChI is InChI=1S/C13H9NO4/c15-12(16)9-3-1-2-8(4-9)10-5-11(13(17)18)7-14-6-10/h1-7H,(H,15,16)(H,17,18). The van der Waals surface area contributed by atoms with Gasteiger partial charge in [-0.3, -0.25) is 4.98 Å². The molecule has 0 aliphatic rings. The fourth-order valence-corrected chi connectivity index (χ4v) is 1.55. The van der Waals surface area contributed by atoms with Crippen molar-refractivity contribution in [1.82, 2.24) is 4.98 Å². The van der Waals surface area contributed by atoms with E-state index in [4.69, 9.17) is 10.2 Å². The highest BCUT2D eigenvalue weighted by Crippen LogP contribution is 2.20. The van der Waals surface area contributed by atoms with Gasteiger partial charge >= 0.3 is 11.9 Å². The number of pyridine rings is 1. The van der Waals surface area contributed by atoms with Crippen molar-refractivity contribution in [2.75, 3.05) is 0 Å². The molecule has 0 radical (unpaired) electrons. The molecule has 0 aliphatic carbocycles. The highest BCUT2D eigenvalue weighted by molar-refractivity contribution is 5.91. The van der Waals surface area contributed by atoms with E-state index in [-0.39, 0.29) is 11.1 Å². The van der Waals surface area contributed by atoms with Crippen molar-refractivity contribution in [3.8, 4) is 11.1 Å². The fourth-order valence-electron chi connectivity index (χ4n) is 1.55. The van der Waals surface area contributed by atoms with Crippen molar-refractivity contribution >= 4 is 11.9 Å². The van der Waals surface area contributed by atoms with Crippen LogP contribution in [0.15, 0.2) is 42.7 Å². The van der Waals surface area contributed by atoms with Crippen LogP contribution in [0.3, 0.4) is 0 Å². The van der Waals surface area contributed by atoms with Gasteiger partial charge in [-0.25, -0.2) is 9.59 Å². The summed E-state index contributed by atoms with van der Waals surface area (Å²) < 4.78 is 0. The second-order valence-electron chi connectivity index (χ2n) is 3.65. The van der Waals surface area contributed by atoms with E-state index in [2.05, 4.69) is 4.98 Å². The van der Waals surface area contributed by atoms with Crippen molar-refractivity contribution in [3.05, 3.63) is 53.9 Å². The Bertz CT molecular complexity index is 566. The van der Waals surface area contributed by atoms with Gasteiger partial charge in [0.1, 0.15) is 0 Å². The first kappa shape index (κ1) is 11.8. The number of rotatable bonds is 3. The molecule has 90 valence electrons. The predicted molar refractivity (Wildman–Crippen MR) is 63.6 cm³/mol. The summed E-state index contributed by atoms with van der Waals surface area (Å²) in [4.78, 5) is 25.5. The van der Waals surface area contributed by atoms with Crippen molar-refractivity contribution in [2.24, 2.45) is 0 Å². The van der Waals surface area contributed by atoms with E-state index in [1.165, 1.54) is 30.6 Å². The molecule has 0 amide bonds. The molecule has 1 aromatic heterocycles. The molecule has 0 bridgehead atoms. The number of aromatic nitrogens is 1. The Morgan fingerprint density at radius 3 is 2.22 bits per heavy atom. The van der Waals surface area contributed by atoms with E-state index >= 15 is 0 Å². The molecule has 0 atom stereocenters. The molecule has 5 nitrogen and oxygen atoms in total. The van der Waals surface area contributed by atoms with E-state index in [0.717, 1.165) is 0 Å². The summed E-state index contributed by atoms with van der Waals surface area (Å²) in [6.45, 7) is 0. The first-order chi connectivity index (χ1) is 8.58. The van der Waals surface area contributed by atoms with Gasteiger partial charge in [0.05, 0.1) is 11.1 Å². The molecule has 0 saturated carbocycles. The van der Waals surface area contributed by atoms with Gasteiger partial charge in [0.15, 0.2) is 0 Å². The molecule has 0 aliphatic heterocycles. The maximum Gasteiger partial charge on any atom is 0.337 e. The Labute approximate surface area is 102 Å². The second-order valence-corrected chi connectivity index (χ2v) is 3.65. The van der Waals surface area contributed by atoms with Gasteiger partial charge in [0.25, 0.3) is 0 Å². The third-order valence-electron chi connectivity index (χ3n) is 2.43. The molecule has 1 heterocycles. The molecule has 0 fully saturated rings. The Morgan fingerprint density at radius 2 is 1.56 bits per heavy atom. The van der Waals surface area contributed by atoms with E-state index < -0.39 is 11.9 Å².